The van der Waals surface area contributed by atoms with Gasteiger partial charge in [-0.15, -0.1) is 6.42 Å². The Bertz CT molecular complexity index is 851. The lowest BCUT2D eigenvalue weighted by Crippen LogP contribution is -2.43. The molecule has 25 heavy (non-hydrogen) atoms. The number of hydrogen-bond donors (Lipinski definition) is 2. The van der Waals surface area contributed by atoms with E-state index in [2.05, 4.69) is 38.6 Å². The van der Waals surface area contributed by atoms with Crippen LogP contribution in [-0.4, -0.2) is 32.0 Å². The summed E-state index contributed by atoms with van der Waals surface area (Å²) in [5, 5.41) is 5.96. The number of fused-ring (bicyclic) bond motifs is 1. The normalized spacial score (nSPS) is 13.1. The Morgan fingerprint density at radius 3 is 2.92 bits per heavy atom. The van der Waals surface area contributed by atoms with Crippen molar-refractivity contribution in [2.45, 2.75) is 6.42 Å². The molecule has 0 atom stereocenters. The van der Waals surface area contributed by atoms with Crippen LogP contribution in [0, 0.1) is 12.3 Å². The molecule has 126 valence electrons. The fourth-order valence-electron chi connectivity index (χ4n) is 2.90. The van der Waals surface area contributed by atoms with Gasteiger partial charge >= 0.3 is 0 Å². The van der Waals surface area contributed by atoms with E-state index in [0.29, 0.717) is 11.6 Å². The van der Waals surface area contributed by atoms with Crippen LogP contribution in [-0.2, 0) is 11.2 Å². The number of carbonyl (C=O) groups excluding carboxylic acids is 1. The van der Waals surface area contributed by atoms with Gasteiger partial charge in [0.05, 0.1) is 6.54 Å². The van der Waals surface area contributed by atoms with Gasteiger partial charge in [0.15, 0.2) is 5.96 Å². The van der Waals surface area contributed by atoms with Gasteiger partial charge in [0.2, 0.25) is 5.91 Å². The number of terminal acetylenes is 1. The molecule has 0 fully saturated rings. The van der Waals surface area contributed by atoms with E-state index in [4.69, 9.17) is 6.42 Å². The first-order chi connectivity index (χ1) is 12.2. The monoisotopic (exact) mass is 332 g/mol. The van der Waals surface area contributed by atoms with Gasteiger partial charge in [-0.05, 0) is 36.2 Å². The Kier molecular flexibility index (Phi) is 5.00. The maximum Gasteiger partial charge on any atom is 0.243 e. The van der Waals surface area contributed by atoms with E-state index >= 15 is 0 Å². The summed E-state index contributed by atoms with van der Waals surface area (Å²) >= 11 is 0. The molecule has 0 saturated carbocycles. The number of rotatable bonds is 3. The van der Waals surface area contributed by atoms with Crippen molar-refractivity contribution < 1.29 is 4.79 Å². The molecule has 0 bridgehead atoms. The zero-order valence-electron chi connectivity index (χ0n) is 14.1. The molecule has 5 nitrogen and oxygen atoms in total. The molecule has 1 amide bonds. The summed E-state index contributed by atoms with van der Waals surface area (Å²) in [7, 11) is 1.72. The van der Waals surface area contributed by atoms with Crippen LogP contribution in [0.4, 0.5) is 11.4 Å². The highest BCUT2D eigenvalue weighted by molar-refractivity contribution is 6.01. The molecule has 0 aliphatic carbocycles. The quantitative estimate of drug-likeness (QED) is 0.515. The summed E-state index contributed by atoms with van der Waals surface area (Å²) in [5.74, 6) is 3.10. The van der Waals surface area contributed by atoms with E-state index < -0.39 is 0 Å². The highest BCUT2D eigenvalue weighted by atomic mass is 16.1. The Hall–Kier alpha value is -3.26. The number of carbonyl (C=O) groups is 1. The molecule has 0 radical (unpaired) electrons. The number of aliphatic imine (C=N–C) groups is 1. The number of para-hydroxylation sites is 1. The van der Waals surface area contributed by atoms with Crippen LogP contribution < -0.4 is 15.5 Å². The fourth-order valence-corrected chi connectivity index (χ4v) is 2.90. The van der Waals surface area contributed by atoms with E-state index in [-0.39, 0.29) is 12.5 Å². The Morgan fingerprint density at radius 2 is 2.12 bits per heavy atom. The van der Waals surface area contributed by atoms with Gasteiger partial charge < -0.3 is 15.5 Å². The van der Waals surface area contributed by atoms with Crippen molar-refractivity contribution in [1.29, 1.82) is 0 Å². The molecule has 0 aromatic heterocycles. The number of anilines is 2. The lowest BCUT2D eigenvalue weighted by Gasteiger charge is -2.22. The predicted molar refractivity (Wildman–Crippen MR) is 102 cm³/mol. The van der Waals surface area contributed by atoms with Gasteiger partial charge in [0.1, 0.15) is 0 Å². The molecule has 3 rings (SSSR count). The lowest BCUT2D eigenvalue weighted by atomic mass is 10.2. The third-order valence-electron chi connectivity index (χ3n) is 4.07. The van der Waals surface area contributed by atoms with Gasteiger partial charge in [0, 0.05) is 30.5 Å². The van der Waals surface area contributed by atoms with Crippen molar-refractivity contribution in [3.05, 3.63) is 59.7 Å². The second-order valence-electron chi connectivity index (χ2n) is 5.70. The average Bonchev–Trinajstić information content (AvgIpc) is 3.06. The molecule has 0 unspecified atom stereocenters. The first-order valence-corrected chi connectivity index (χ1v) is 8.14. The summed E-state index contributed by atoms with van der Waals surface area (Å²) in [6.07, 6.45) is 6.35. The average molecular weight is 332 g/mol. The number of nitrogens with zero attached hydrogens (tertiary/aromatic N) is 2. The molecular weight excluding hydrogens is 312 g/mol. The van der Waals surface area contributed by atoms with Crippen molar-refractivity contribution in [3.8, 4) is 12.3 Å². The van der Waals surface area contributed by atoms with E-state index in [1.807, 2.05) is 30.3 Å². The van der Waals surface area contributed by atoms with Gasteiger partial charge in [0.25, 0.3) is 0 Å². The summed E-state index contributed by atoms with van der Waals surface area (Å²) in [5.41, 5.74) is 3.85. The first-order valence-electron chi connectivity index (χ1n) is 8.14. The second kappa shape index (κ2) is 7.54. The fraction of sp³-hybridized carbons (Fsp3) is 0.200. The van der Waals surface area contributed by atoms with Gasteiger partial charge in [-0.2, -0.15) is 0 Å². The zero-order valence-corrected chi connectivity index (χ0v) is 14.1. The largest absolute Gasteiger partial charge is 0.347 e. The maximum atomic E-state index is 12.2. The molecule has 0 saturated heterocycles. The minimum atomic E-state index is -0.150. The van der Waals surface area contributed by atoms with Gasteiger partial charge in [-0.3, -0.25) is 9.79 Å². The van der Waals surface area contributed by atoms with E-state index in [1.165, 1.54) is 5.56 Å². The van der Waals surface area contributed by atoms with Crippen molar-refractivity contribution in [2.75, 3.05) is 30.4 Å². The SMILES string of the molecule is C#Cc1cccc(NC(=O)CNC(=NC)N2CCc3ccccc32)c1. The topological polar surface area (TPSA) is 56.7 Å². The number of hydrogen-bond acceptors (Lipinski definition) is 2. The molecule has 0 spiro atoms. The minimum absolute atomic E-state index is 0.131. The van der Waals surface area contributed by atoms with Gasteiger partial charge in [-0.1, -0.05) is 30.2 Å². The van der Waals surface area contributed by atoms with E-state index in [1.54, 1.807) is 13.1 Å². The van der Waals surface area contributed by atoms with E-state index in [0.717, 1.165) is 24.2 Å². The maximum absolute atomic E-state index is 12.2. The van der Waals surface area contributed by atoms with E-state index in [9.17, 15) is 4.79 Å². The smallest absolute Gasteiger partial charge is 0.243 e. The Labute approximate surface area is 147 Å². The third-order valence-corrected chi connectivity index (χ3v) is 4.07. The number of benzene rings is 2. The molecule has 1 heterocycles. The standard InChI is InChI=1S/C20H20N4O/c1-3-15-7-6-9-17(13-15)23-19(25)14-22-20(21-2)24-12-11-16-8-4-5-10-18(16)24/h1,4-10,13H,11-12,14H2,2H3,(H,21,22)(H,23,25). The highest BCUT2D eigenvalue weighted by Gasteiger charge is 2.22. The first kappa shape index (κ1) is 16.6. The molecule has 1 aliphatic heterocycles. The van der Waals surface area contributed by atoms with Gasteiger partial charge in [-0.25, -0.2) is 0 Å². The minimum Gasteiger partial charge on any atom is -0.347 e. The number of guanidine groups is 1. The molecule has 2 N–H and O–H groups in total. The Morgan fingerprint density at radius 1 is 1.28 bits per heavy atom. The van der Waals surface area contributed by atoms with Crippen LogP contribution in [0.5, 0.6) is 0 Å². The van der Waals surface area contributed by atoms with Crippen molar-refractivity contribution in [3.63, 3.8) is 0 Å². The van der Waals surface area contributed by atoms with Crippen LogP contribution in [0.1, 0.15) is 11.1 Å². The number of nitrogens with one attached hydrogen (secondary N) is 2. The van der Waals surface area contributed by atoms with Crippen LogP contribution in [0.2, 0.25) is 0 Å². The van der Waals surface area contributed by atoms with Crippen LogP contribution >= 0.6 is 0 Å². The summed E-state index contributed by atoms with van der Waals surface area (Å²) in [6, 6.07) is 15.5. The van der Waals surface area contributed by atoms with Crippen molar-refractivity contribution in [1.82, 2.24) is 5.32 Å². The van der Waals surface area contributed by atoms with Crippen molar-refractivity contribution >= 4 is 23.2 Å². The van der Waals surface area contributed by atoms with Crippen LogP contribution in [0.15, 0.2) is 53.5 Å². The lowest BCUT2D eigenvalue weighted by molar-refractivity contribution is -0.115. The zero-order chi connectivity index (χ0) is 17.6. The number of amides is 1. The van der Waals surface area contributed by atoms with Crippen LogP contribution in [0.3, 0.4) is 0 Å². The second-order valence-corrected chi connectivity index (χ2v) is 5.70. The summed E-state index contributed by atoms with van der Waals surface area (Å²) in [4.78, 5) is 18.6. The summed E-state index contributed by atoms with van der Waals surface area (Å²) in [6.45, 7) is 0.983. The van der Waals surface area contributed by atoms with Crippen molar-refractivity contribution in [2.24, 2.45) is 4.99 Å². The third kappa shape index (κ3) is 3.81. The molecule has 5 heteroatoms. The highest BCUT2D eigenvalue weighted by Crippen LogP contribution is 2.27. The molecule has 1 aliphatic rings. The van der Waals surface area contributed by atoms with Crippen LogP contribution in [0.25, 0.3) is 0 Å². The molecule has 2 aromatic rings. The predicted octanol–water partition coefficient (Wildman–Crippen LogP) is 2.24. The summed E-state index contributed by atoms with van der Waals surface area (Å²) < 4.78 is 0. The molecular formula is C20H20N4O. The molecule has 2 aromatic carbocycles. The Balaban J connectivity index is 1.60.